The molecule has 0 aromatic heterocycles. The van der Waals surface area contributed by atoms with E-state index in [0.29, 0.717) is 5.92 Å². The maximum atomic E-state index is 13.3. The molecule has 0 radical (unpaired) electrons. The molecule has 0 spiro atoms. The zero-order valence-electron chi connectivity index (χ0n) is 19.0. The first kappa shape index (κ1) is 22.6. The molecule has 4 atom stereocenters. The normalized spacial score (nSPS) is 23.2. The van der Waals surface area contributed by atoms with Gasteiger partial charge >= 0.3 is 5.97 Å². The van der Waals surface area contributed by atoms with Crippen LogP contribution in [-0.2, 0) is 19.7 Å². The fraction of sp³-hybridized carbons (Fsp3) is 0.519. The molecule has 0 aliphatic heterocycles. The zero-order chi connectivity index (χ0) is 21.7. The van der Waals surface area contributed by atoms with E-state index in [-0.39, 0.29) is 29.5 Å². The van der Waals surface area contributed by atoms with Gasteiger partial charge in [-0.1, -0.05) is 87.9 Å². The van der Waals surface area contributed by atoms with Crippen molar-refractivity contribution in [1.82, 2.24) is 0 Å². The van der Waals surface area contributed by atoms with Gasteiger partial charge in [-0.25, -0.2) is 4.79 Å². The molecule has 3 nitrogen and oxygen atoms in total. The van der Waals surface area contributed by atoms with Crippen LogP contribution >= 0.6 is 0 Å². The summed E-state index contributed by atoms with van der Waals surface area (Å²) in [5, 5.41) is 0. The van der Waals surface area contributed by atoms with Crippen molar-refractivity contribution in [3.8, 4) is 0 Å². The van der Waals surface area contributed by atoms with E-state index >= 15 is 0 Å². The fourth-order valence-corrected chi connectivity index (χ4v) is 4.75. The molecule has 2 aromatic carbocycles. The van der Waals surface area contributed by atoms with Crippen LogP contribution < -0.4 is 0 Å². The summed E-state index contributed by atoms with van der Waals surface area (Å²) in [7, 11) is 0. The highest BCUT2D eigenvalue weighted by Gasteiger charge is 2.42. The van der Waals surface area contributed by atoms with E-state index in [9.17, 15) is 4.79 Å². The van der Waals surface area contributed by atoms with Gasteiger partial charge in [0.25, 0.3) is 0 Å². The molecular weight excluding hydrogens is 372 g/mol. The number of hydrogen-bond acceptors (Lipinski definition) is 3. The summed E-state index contributed by atoms with van der Waals surface area (Å²) in [5.41, 5.74) is 2.07. The summed E-state index contributed by atoms with van der Waals surface area (Å²) in [4.78, 5) is 13.3. The lowest BCUT2D eigenvalue weighted by molar-refractivity contribution is -0.173. The summed E-state index contributed by atoms with van der Waals surface area (Å²) in [6, 6.07) is 20.3. The number of ether oxygens (including phenoxy) is 2. The molecule has 30 heavy (non-hydrogen) atoms. The SMILES string of the molecule is CC(C)O[C@@H](C(=O)O[C@@H]1C[C@H](C)CC[C@H]1C(C)(C)c1ccccc1)c1ccccc1. The summed E-state index contributed by atoms with van der Waals surface area (Å²) in [6.07, 6.45) is 2.25. The maximum Gasteiger partial charge on any atom is 0.340 e. The van der Waals surface area contributed by atoms with Crippen LogP contribution in [0.15, 0.2) is 60.7 Å². The Bertz CT molecular complexity index is 797. The summed E-state index contributed by atoms with van der Waals surface area (Å²) >= 11 is 0. The molecule has 0 saturated heterocycles. The first-order valence-corrected chi connectivity index (χ1v) is 11.3. The fourth-order valence-electron chi connectivity index (χ4n) is 4.75. The van der Waals surface area contributed by atoms with Crippen molar-refractivity contribution in [1.29, 1.82) is 0 Å². The lowest BCUT2D eigenvalue weighted by Gasteiger charge is -2.44. The molecule has 0 N–H and O–H groups in total. The Morgan fingerprint density at radius 2 is 1.57 bits per heavy atom. The maximum absolute atomic E-state index is 13.3. The number of esters is 1. The van der Waals surface area contributed by atoms with Gasteiger partial charge in [0, 0.05) is 5.92 Å². The van der Waals surface area contributed by atoms with Crippen LogP contribution in [0.25, 0.3) is 0 Å². The van der Waals surface area contributed by atoms with Gasteiger partial charge in [0.15, 0.2) is 6.10 Å². The Morgan fingerprint density at radius 1 is 0.967 bits per heavy atom. The van der Waals surface area contributed by atoms with Crippen LogP contribution in [0, 0.1) is 11.8 Å². The first-order chi connectivity index (χ1) is 14.3. The minimum Gasteiger partial charge on any atom is -0.460 e. The van der Waals surface area contributed by atoms with Crippen LogP contribution in [0.2, 0.25) is 0 Å². The summed E-state index contributed by atoms with van der Waals surface area (Å²) in [6.45, 7) is 10.7. The van der Waals surface area contributed by atoms with Crippen LogP contribution in [0.5, 0.6) is 0 Å². The monoisotopic (exact) mass is 408 g/mol. The molecule has 0 amide bonds. The first-order valence-electron chi connectivity index (χ1n) is 11.3. The van der Waals surface area contributed by atoms with Crippen molar-refractivity contribution in [3.05, 3.63) is 71.8 Å². The third-order valence-corrected chi connectivity index (χ3v) is 6.49. The molecular formula is C27H36O3. The predicted molar refractivity (Wildman–Crippen MR) is 121 cm³/mol. The van der Waals surface area contributed by atoms with E-state index in [1.807, 2.05) is 50.2 Å². The second-order valence-electron chi connectivity index (χ2n) is 9.56. The molecule has 3 heteroatoms. The Balaban J connectivity index is 1.84. The van der Waals surface area contributed by atoms with E-state index < -0.39 is 6.10 Å². The number of rotatable bonds is 7. The van der Waals surface area contributed by atoms with E-state index in [0.717, 1.165) is 18.4 Å². The van der Waals surface area contributed by atoms with Gasteiger partial charge in [-0.05, 0) is 49.1 Å². The van der Waals surface area contributed by atoms with E-state index in [2.05, 4.69) is 45.0 Å². The summed E-state index contributed by atoms with van der Waals surface area (Å²) < 4.78 is 12.2. The predicted octanol–water partition coefficient (Wildman–Crippen LogP) is 6.48. The third kappa shape index (κ3) is 5.31. The Hall–Kier alpha value is -2.13. The van der Waals surface area contributed by atoms with E-state index in [1.54, 1.807) is 0 Å². The van der Waals surface area contributed by atoms with Gasteiger partial charge < -0.3 is 9.47 Å². The van der Waals surface area contributed by atoms with Gasteiger partial charge in [-0.2, -0.15) is 0 Å². The largest absolute Gasteiger partial charge is 0.460 e. The Morgan fingerprint density at radius 3 is 2.17 bits per heavy atom. The highest BCUT2D eigenvalue weighted by molar-refractivity contribution is 5.76. The van der Waals surface area contributed by atoms with E-state index in [1.165, 1.54) is 12.0 Å². The van der Waals surface area contributed by atoms with Crippen molar-refractivity contribution in [2.24, 2.45) is 11.8 Å². The topological polar surface area (TPSA) is 35.5 Å². The van der Waals surface area contributed by atoms with Gasteiger partial charge in [0.05, 0.1) is 6.10 Å². The van der Waals surface area contributed by atoms with Crippen molar-refractivity contribution in [3.63, 3.8) is 0 Å². The standard InChI is InChI=1S/C27H36O3/c1-19(2)29-25(21-12-8-6-9-13-21)26(28)30-24-18-20(3)16-17-23(24)27(4,5)22-14-10-7-11-15-22/h6-15,19-20,23-25H,16-18H2,1-5H3/t20-,23-,24-,25-/m1/s1. The molecule has 1 fully saturated rings. The van der Waals surface area contributed by atoms with Gasteiger partial charge in [0.2, 0.25) is 0 Å². The van der Waals surface area contributed by atoms with Crippen LogP contribution in [-0.4, -0.2) is 18.2 Å². The van der Waals surface area contributed by atoms with Gasteiger partial charge in [-0.3, -0.25) is 0 Å². The molecule has 0 unspecified atom stereocenters. The van der Waals surface area contributed by atoms with Crippen LogP contribution in [0.1, 0.15) is 71.1 Å². The quantitative estimate of drug-likeness (QED) is 0.492. The number of hydrogen-bond donors (Lipinski definition) is 0. The van der Waals surface area contributed by atoms with Gasteiger partial charge in [-0.15, -0.1) is 0 Å². The molecule has 2 aromatic rings. The average Bonchev–Trinajstić information content (AvgIpc) is 2.73. The third-order valence-electron chi connectivity index (χ3n) is 6.49. The molecule has 1 aliphatic carbocycles. The molecule has 0 heterocycles. The van der Waals surface area contributed by atoms with Crippen LogP contribution in [0.4, 0.5) is 0 Å². The zero-order valence-corrected chi connectivity index (χ0v) is 19.0. The van der Waals surface area contributed by atoms with Crippen molar-refractivity contribution in [2.45, 2.75) is 77.6 Å². The molecule has 0 bridgehead atoms. The number of benzene rings is 2. The summed E-state index contributed by atoms with van der Waals surface area (Å²) in [5.74, 6) is 0.546. The van der Waals surface area contributed by atoms with E-state index in [4.69, 9.17) is 9.47 Å². The lowest BCUT2D eigenvalue weighted by Crippen LogP contribution is -2.44. The van der Waals surface area contributed by atoms with Crippen molar-refractivity contribution in [2.75, 3.05) is 0 Å². The Kier molecular flexibility index (Phi) is 7.36. The highest BCUT2D eigenvalue weighted by atomic mass is 16.6. The highest BCUT2D eigenvalue weighted by Crippen LogP contribution is 2.44. The minimum absolute atomic E-state index is 0.0652. The second kappa shape index (κ2) is 9.78. The Labute approximate surface area is 181 Å². The number of carbonyl (C=O) groups excluding carboxylic acids is 1. The molecule has 1 aliphatic rings. The molecule has 3 rings (SSSR count). The smallest absolute Gasteiger partial charge is 0.340 e. The van der Waals surface area contributed by atoms with Crippen molar-refractivity contribution < 1.29 is 14.3 Å². The molecule has 162 valence electrons. The van der Waals surface area contributed by atoms with Crippen LogP contribution in [0.3, 0.4) is 0 Å². The van der Waals surface area contributed by atoms with Gasteiger partial charge in [0.1, 0.15) is 6.10 Å². The lowest BCUT2D eigenvalue weighted by atomic mass is 9.64. The minimum atomic E-state index is -0.691. The second-order valence-corrected chi connectivity index (χ2v) is 9.56. The number of carbonyl (C=O) groups is 1. The van der Waals surface area contributed by atoms with Crippen molar-refractivity contribution >= 4 is 5.97 Å². The molecule has 1 saturated carbocycles. The average molecular weight is 409 g/mol.